The second-order valence-corrected chi connectivity index (χ2v) is 12.5. The summed E-state index contributed by atoms with van der Waals surface area (Å²) in [5.41, 5.74) is 4.06. The van der Waals surface area contributed by atoms with Crippen LogP contribution in [0.1, 0.15) is 46.0 Å². The Hall–Kier alpha value is -2.52. The van der Waals surface area contributed by atoms with Crippen molar-refractivity contribution in [3.8, 4) is 0 Å². The number of hydrogen-bond acceptors (Lipinski definition) is 5. The van der Waals surface area contributed by atoms with Gasteiger partial charge in [-0.05, 0) is 59.9 Å². The smallest absolute Gasteiger partial charge is 0.238 e. The Kier molecular flexibility index (Phi) is 7.57. The highest BCUT2D eigenvalue weighted by Gasteiger charge is 2.36. The van der Waals surface area contributed by atoms with Gasteiger partial charge >= 0.3 is 0 Å². The Morgan fingerprint density at radius 1 is 1.08 bits per heavy atom. The highest BCUT2D eigenvalue weighted by Crippen LogP contribution is 2.39. The van der Waals surface area contributed by atoms with E-state index in [9.17, 15) is 13.2 Å². The Labute approximate surface area is 217 Å². The first-order valence-corrected chi connectivity index (χ1v) is 15.0. The third-order valence-corrected chi connectivity index (χ3v) is 9.86. The largest absolute Gasteiger partial charge is 0.377 e. The molecule has 190 valence electrons. The summed E-state index contributed by atoms with van der Waals surface area (Å²) in [5.74, 6) is -0.307. The van der Waals surface area contributed by atoms with Crippen LogP contribution in [0.4, 0.5) is 0 Å². The van der Waals surface area contributed by atoms with Crippen molar-refractivity contribution in [1.82, 2.24) is 9.21 Å². The number of hydrogen-bond donors (Lipinski definition) is 0. The lowest BCUT2D eigenvalue weighted by atomic mass is 9.90. The van der Waals surface area contributed by atoms with E-state index in [-0.39, 0.29) is 36.9 Å². The molecule has 0 spiro atoms. The number of ether oxygens (including phenoxy) is 1. The summed E-state index contributed by atoms with van der Waals surface area (Å²) < 4.78 is 34.3. The van der Waals surface area contributed by atoms with Crippen LogP contribution >= 0.6 is 11.3 Å². The zero-order valence-electron chi connectivity index (χ0n) is 20.5. The molecule has 2 aliphatic rings. The first-order valence-electron chi connectivity index (χ1n) is 12.5. The molecule has 3 aromatic rings. The third kappa shape index (κ3) is 5.42. The molecule has 0 N–H and O–H groups in total. The van der Waals surface area contributed by atoms with Gasteiger partial charge in [-0.3, -0.25) is 4.79 Å². The summed E-state index contributed by atoms with van der Waals surface area (Å²) in [6.45, 7) is 3.28. The highest BCUT2D eigenvalue weighted by atomic mass is 32.2. The van der Waals surface area contributed by atoms with Gasteiger partial charge in [-0.2, -0.15) is 4.31 Å². The average molecular weight is 525 g/mol. The van der Waals surface area contributed by atoms with Crippen molar-refractivity contribution in [2.75, 3.05) is 26.2 Å². The molecular formula is C28H32N2O4S2. The number of carbonyl (C=O) groups excluding carboxylic acids is 1. The number of rotatable bonds is 8. The summed E-state index contributed by atoms with van der Waals surface area (Å²) in [6.07, 6.45) is 2.32. The van der Waals surface area contributed by atoms with E-state index in [0.29, 0.717) is 18.7 Å². The van der Waals surface area contributed by atoms with Gasteiger partial charge in [0.1, 0.15) is 0 Å². The van der Waals surface area contributed by atoms with Crippen LogP contribution in [0.15, 0.2) is 66.0 Å². The van der Waals surface area contributed by atoms with E-state index in [0.717, 1.165) is 36.0 Å². The van der Waals surface area contributed by atoms with Crippen LogP contribution in [0, 0.1) is 6.92 Å². The van der Waals surface area contributed by atoms with E-state index in [1.807, 2.05) is 35.2 Å². The van der Waals surface area contributed by atoms with E-state index in [1.54, 1.807) is 23.5 Å². The standard InChI is InChI=1S/C28H32N2O4S2/c1-21-8-5-6-12-24(21)28-25-14-17-35-26(25)13-15-30(28)27(31)19-29(18-23-11-7-16-34-23)36(32,33)20-22-9-3-2-4-10-22/h2-6,8-10,12,14,17,23,28H,7,11,13,15-16,18-20H2,1H3. The van der Waals surface area contributed by atoms with Crippen molar-refractivity contribution in [1.29, 1.82) is 0 Å². The van der Waals surface area contributed by atoms with Gasteiger partial charge in [0.05, 0.1) is 24.4 Å². The van der Waals surface area contributed by atoms with Crippen LogP contribution in [0.3, 0.4) is 0 Å². The van der Waals surface area contributed by atoms with Crippen molar-refractivity contribution < 1.29 is 17.9 Å². The van der Waals surface area contributed by atoms with Crippen molar-refractivity contribution in [3.63, 3.8) is 0 Å². The SMILES string of the molecule is Cc1ccccc1C1c2ccsc2CCN1C(=O)CN(CC1CCCO1)S(=O)(=O)Cc1ccccc1. The molecule has 1 aromatic heterocycles. The predicted molar refractivity (Wildman–Crippen MR) is 142 cm³/mol. The van der Waals surface area contributed by atoms with Crippen LogP contribution in [0.25, 0.3) is 0 Å². The number of aryl methyl sites for hydroxylation is 1. The maximum Gasteiger partial charge on any atom is 0.238 e. The van der Waals surface area contributed by atoms with Gasteiger partial charge in [0, 0.05) is 24.6 Å². The molecule has 2 aromatic carbocycles. The normalized spacial score (nSPS) is 20.0. The van der Waals surface area contributed by atoms with Crippen LogP contribution in [0.5, 0.6) is 0 Å². The Bertz CT molecular complexity index is 1300. The average Bonchev–Trinajstić information content (AvgIpc) is 3.56. The molecule has 2 unspecified atom stereocenters. The second kappa shape index (κ2) is 10.8. The van der Waals surface area contributed by atoms with Gasteiger partial charge in [-0.25, -0.2) is 8.42 Å². The first kappa shape index (κ1) is 25.1. The van der Waals surface area contributed by atoms with E-state index in [2.05, 4.69) is 30.5 Å². The minimum Gasteiger partial charge on any atom is -0.377 e. The third-order valence-electron chi connectivity index (χ3n) is 7.10. The summed E-state index contributed by atoms with van der Waals surface area (Å²) in [5, 5.41) is 2.08. The molecule has 2 atom stereocenters. The summed E-state index contributed by atoms with van der Waals surface area (Å²) in [7, 11) is -3.73. The lowest BCUT2D eigenvalue weighted by Gasteiger charge is -2.38. The Morgan fingerprint density at radius 3 is 2.61 bits per heavy atom. The molecule has 5 rings (SSSR count). The maximum atomic E-state index is 13.9. The molecule has 3 heterocycles. The lowest BCUT2D eigenvalue weighted by Crippen LogP contribution is -2.48. The minimum atomic E-state index is -3.73. The van der Waals surface area contributed by atoms with E-state index in [4.69, 9.17) is 4.74 Å². The zero-order chi connectivity index (χ0) is 25.1. The van der Waals surface area contributed by atoms with Crippen molar-refractivity contribution in [3.05, 3.63) is 93.2 Å². The number of thiophene rings is 1. The Morgan fingerprint density at radius 2 is 1.86 bits per heavy atom. The van der Waals surface area contributed by atoms with Crippen LogP contribution in [-0.2, 0) is 31.7 Å². The van der Waals surface area contributed by atoms with Gasteiger partial charge in [0.25, 0.3) is 0 Å². The zero-order valence-corrected chi connectivity index (χ0v) is 22.1. The molecule has 0 aliphatic carbocycles. The minimum absolute atomic E-state index is 0.135. The van der Waals surface area contributed by atoms with Gasteiger partial charge in [-0.1, -0.05) is 54.6 Å². The summed E-state index contributed by atoms with van der Waals surface area (Å²) in [6, 6.07) is 19.2. The number of nitrogens with zero attached hydrogens (tertiary/aromatic N) is 2. The van der Waals surface area contributed by atoms with E-state index in [1.165, 1.54) is 9.18 Å². The summed E-state index contributed by atoms with van der Waals surface area (Å²) in [4.78, 5) is 17.1. The fraction of sp³-hybridized carbons (Fsp3) is 0.393. The fourth-order valence-electron chi connectivity index (χ4n) is 5.22. The quantitative estimate of drug-likeness (QED) is 0.434. The molecule has 0 saturated carbocycles. The first-order chi connectivity index (χ1) is 17.4. The van der Waals surface area contributed by atoms with Gasteiger partial charge in [0.2, 0.25) is 15.9 Å². The molecule has 6 nitrogen and oxygen atoms in total. The molecule has 1 fully saturated rings. The van der Waals surface area contributed by atoms with Gasteiger partial charge < -0.3 is 9.64 Å². The van der Waals surface area contributed by atoms with Gasteiger partial charge in [-0.15, -0.1) is 11.3 Å². The lowest BCUT2D eigenvalue weighted by molar-refractivity contribution is -0.133. The van der Waals surface area contributed by atoms with Crippen LogP contribution < -0.4 is 0 Å². The number of sulfonamides is 1. The Balaban J connectivity index is 1.43. The van der Waals surface area contributed by atoms with E-state index < -0.39 is 10.0 Å². The van der Waals surface area contributed by atoms with Crippen molar-refractivity contribution in [2.45, 2.75) is 44.1 Å². The fourth-order valence-corrected chi connectivity index (χ4v) is 7.62. The summed E-state index contributed by atoms with van der Waals surface area (Å²) >= 11 is 1.72. The second-order valence-electron chi connectivity index (χ2n) is 9.56. The maximum absolute atomic E-state index is 13.9. The number of fused-ring (bicyclic) bond motifs is 1. The monoisotopic (exact) mass is 524 g/mol. The number of amides is 1. The molecule has 8 heteroatoms. The van der Waals surface area contributed by atoms with Crippen molar-refractivity contribution in [2.24, 2.45) is 0 Å². The highest BCUT2D eigenvalue weighted by molar-refractivity contribution is 7.88. The van der Waals surface area contributed by atoms with Gasteiger partial charge in [0.15, 0.2) is 0 Å². The van der Waals surface area contributed by atoms with Crippen LogP contribution in [-0.4, -0.2) is 55.9 Å². The molecule has 36 heavy (non-hydrogen) atoms. The predicted octanol–water partition coefficient (Wildman–Crippen LogP) is 4.54. The molecule has 0 bridgehead atoms. The number of benzene rings is 2. The van der Waals surface area contributed by atoms with Crippen molar-refractivity contribution >= 4 is 27.3 Å². The molecule has 0 radical (unpaired) electrons. The number of carbonyl (C=O) groups is 1. The topological polar surface area (TPSA) is 66.9 Å². The molecule has 1 saturated heterocycles. The van der Waals surface area contributed by atoms with E-state index >= 15 is 0 Å². The molecule has 2 aliphatic heterocycles. The van der Waals surface area contributed by atoms with Crippen LogP contribution in [0.2, 0.25) is 0 Å². The molecular weight excluding hydrogens is 492 g/mol. The molecule has 1 amide bonds.